The zero-order valence-electron chi connectivity index (χ0n) is 14.8. The topological polar surface area (TPSA) is 79.2 Å². The van der Waals surface area contributed by atoms with Crippen molar-refractivity contribution in [1.29, 1.82) is 0 Å². The molecule has 1 aromatic heterocycles. The standard InChI is InChI=1S/C18H21F3N4O2/c1-25-9-8-23-16(25)17(27,18(19,20)21)6-7-22-15(26)14-10-12-4-2-3-5-13(12)11-24-14/h2-5,8-9,14,24,27H,6-7,10-11H2,1H3,(H,22,26)/t14-,17-/m1/s1. The Morgan fingerprint density at radius 1 is 1.37 bits per heavy atom. The van der Waals surface area contributed by atoms with Gasteiger partial charge in [-0.2, -0.15) is 13.2 Å². The number of carbonyl (C=O) groups excluding carboxylic acids is 1. The number of fused-ring (bicyclic) bond motifs is 1. The predicted octanol–water partition coefficient (Wildman–Crippen LogP) is 1.39. The number of imidazole rings is 1. The summed E-state index contributed by atoms with van der Waals surface area (Å²) in [4.78, 5) is 16.0. The fourth-order valence-corrected chi connectivity index (χ4v) is 3.27. The van der Waals surface area contributed by atoms with Crippen LogP contribution in [0.2, 0.25) is 0 Å². The van der Waals surface area contributed by atoms with E-state index in [1.807, 2.05) is 24.3 Å². The summed E-state index contributed by atoms with van der Waals surface area (Å²) in [7, 11) is 1.38. The normalized spacial score (nSPS) is 19.2. The highest BCUT2D eigenvalue weighted by molar-refractivity contribution is 5.82. The molecule has 3 N–H and O–H groups in total. The van der Waals surface area contributed by atoms with Crippen molar-refractivity contribution in [2.45, 2.75) is 37.2 Å². The Labute approximate surface area is 154 Å². The maximum Gasteiger partial charge on any atom is 0.424 e. The molecule has 0 unspecified atom stereocenters. The van der Waals surface area contributed by atoms with Crippen molar-refractivity contribution in [3.05, 3.63) is 53.6 Å². The molecule has 146 valence electrons. The van der Waals surface area contributed by atoms with Gasteiger partial charge in [0.1, 0.15) is 5.82 Å². The lowest BCUT2D eigenvalue weighted by molar-refractivity contribution is -0.272. The zero-order valence-corrected chi connectivity index (χ0v) is 14.8. The van der Waals surface area contributed by atoms with Crippen molar-refractivity contribution in [2.24, 2.45) is 7.05 Å². The number of benzene rings is 1. The van der Waals surface area contributed by atoms with Gasteiger partial charge in [-0.15, -0.1) is 0 Å². The Morgan fingerprint density at radius 2 is 2.07 bits per heavy atom. The van der Waals surface area contributed by atoms with E-state index in [0.29, 0.717) is 13.0 Å². The van der Waals surface area contributed by atoms with Crippen molar-refractivity contribution in [3.63, 3.8) is 0 Å². The average Bonchev–Trinajstić information content (AvgIpc) is 3.06. The molecule has 1 aromatic carbocycles. The molecule has 1 amide bonds. The number of nitrogens with one attached hydrogen (secondary N) is 2. The van der Waals surface area contributed by atoms with E-state index < -0.39 is 36.0 Å². The molecular weight excluding hydrogens is 361 g/mol. The quantitative estimate of drug-likeness (QED) is 0.730. The van der Waals surface area contributed by atoms with Crippen LogP contribution in [0.4, 0.5) is 13.2 Å². The highest BCUT2D eigenvalue weighted by atomic mass is 19.4. The van der Waals surface area contributed by atoms with Crippen LogP contribution >= 0.6 is 0 Å². The number of carbonyl (C=O) groups is 1. The van der Waals surface area contributed by atoms with Gasteiger partial charge in [0.2, 0.25) is 11.5 Å². The summed E-state index contributed by atoms with van der Waals surface area (Å²) in [5.41, 5.74) is -0.996. The molecule has 1 aliphatic rings. The van der Waals surface area contributed by atoms with E-state index in [1.165, 1.54) is 19.4 Å². The van der Waals surface area contributed by atoms with Crippen LogP contribution in [0.5, 0.6) is 0 Å². The fraction of sp³-hybridized carbons (Fsp3) is 0.444. The molecule has 2 atom stereocenters. The number of aromatic nitrogens is 2. The number of rotatable bonds is 5. The maximum absolute atomic E-state index is 13.5. The first-order valence-electron chi connectivity index (χ1n) is 8.57. The smallest absolute Gasteiger partial charge is 0.374 e. The van der Waals surface area contributed by atoms with Crippen molar-refractivity contribution in [3.8, 4) is 0 Å². The molecular formula is C18H21F3N4O2. The summed E-state index contributed by atoms with van der Waals surface area (Å²) in [6.45, 7) is 0.190. The monoisotopic (exact) mass is 382 g/mol. The molecule has 0 spiro atoms. The molecule has 0 radical (unpaired) electrons. The van der Waals surface area contributed by atoms with Crippen molar-refractivity contribution in [1.82, 2.24) is 20.2 Å². The lowest BCUT2D eigenvalue weighted by Gasteiger charge is -2.30. The first-order chi connectivity index (χ1) is 12.7. The van der Waals surface area contributed by atoms with Crippen LogP contribution in [0.25, 0.3) is 0 Å². The first-order valence-corrected chi connectivity index (χ1v) is 8.57. The number of alkyl halides is 3. The van der Waals surface area contributed by atoms with Crippen LogP contribution in [0.3, 0.4) is 0 Å². The lowest BCUT2D eigenvalue weighted by Crippen LogP contribution is -2.50. The number of hydrogen-bond donors (Lipinski definition) is 3. The summed E-state index contributed by atoms with van der Waals surface area (Å²) >= 11 is 0. The Balaban J connectivity index is 1.63. The van der Waals surface area contributed by atoms with Crippen LogP contribution in [0.1, 0.15) is 23.4 Å². The van der Waals surface area contributed by atoms with Crippen molar-refractivity contribution < 1.29 is 23.1 Å². The van der Waals surface area contributed by atoms with Gasteiger partial charge in [-0.25, -0.2) is 4.98 Å². The SMILES string of the molecule is Cn1ccnc1[C@](O)(CCNC(=O)[C@H]1Cc2ccccc2CN1)C(F)(F)F. The number of halogens is 3. The first kappa shape index (κ1) is 19.4. The molecule has 0 saturated carbocycles. The third-order valence-electron chi connectivity index (χ3n) is 4.84. The highest BCUT2D eigenvalue weighted by Gasteiger charge is 2.57. The summed E-state index contributed by atoms with van der Waals surface area (Å²) in [6, 6.07) is 7.17. The number of aliphatic hydroxyl groups is 1. The Hall–Kier alpha value is -2.39. The second kappa shape index (κ2) is 7.32. The van der Waals surface area contributed by atoms with Crippen LogP contribution in [0, 0.1) is 0 Å². The molecule has 1 aliphatic heterocycles. The minimum atomic E-state index is -4.92. The second-order valence-electron chi connectivity index (χ2n) is 6.67. The van der Waals surface area contributed by atoms with E-state index in [2.05, 4.69) is 15.6 Å². The summed E-state index contributed by atoms with van der Waals surface area (Å²) in [5, 5.41) is 15.8. The van der Waals surface area contributed by atoms with Crippen molar-refractivity contribution >= 4 is 5.91 Å². The summed E-state index contributed by atoms with van der Waals surface area (Å²) in [5.74, 6) is -0.900. The van der Waals surface area contributed by atoms with Gasteiger partial charge in [0.25, 0.3) is 0 Å². The van der Waals surface area contributed by atoms with Crippen molar-refractivity contribution in [2.75, 3.05) is 6.54 Å². The van der Waals surface area contributed by atoms with Gasteiger partial charge in [0, 0.05) is 39.0 Å². The molecule has 6 nitrogen and oxygen atoms in total. The van der Waals surface area contributed by atoms with Gasteiger partial charge in [0.15, 0.2) is 0 Å². The number of hydrogen-bond acceptors (Lipinski definition) is 4. The summed E-state index contributed by atoms with van der Waals surface area (Å²) < 4.78 is 41.5. The molecule has 3 rings (SSSR count). The molecule has 27 heavy (non-hydrogen) atoms. The zero-order chi connectivity index (χ0) is 19.7. The fourth-order valence-electron chi connectivity index (χ4n) is 3.27. The van der Waals surface area contributed by atoms with Gasteiger partial charge in [-0.05, 0) is 17.5 Å². The van der Waals surface area contributed by atoms with Gasteiger partial charge in [0.05, 0.1) is 6.04 Å². The Kier molecular flexibility index (Phi) is 5.25. The van der Waals surface area contributed by atoms with Gasteiger partial charge >= 0.3 is 6.18 Å². The summed E-state index contributed by atoms with van der Waals surface area (Å²) in [6.07, 6.45) is -2.66. The number of nitrogens with zero attached hydrogens (tertiary/aromatic N) is 2. The van der Waals surface area contributed by atoms with Gasteiger partial charge < -0.3 is 20.3 Å². The maximum atomic E-state index is 13.5. The third-order valence-corrected chi connectivity index (χ3v) is 4.84. The van der Waals surface area contributed by atoms with E-state index in [1.54, 1.807) is 0 Å². The van der Waals surface area contributed by atoms with E-state index >= 15 is 0 Å². The Bertz CT molecular complexity index is 821. The molecule has 2 heterocycles. The van der Waals surface area contributed by atoms with E-state index in [0.717, 1.165) is 15.7 Å². The van der Waals surface area contributed by atoms with E-state index in [-0.39, 0.29) is 6.54 Å². The van der Waals surface area contributed by atoms with E-state index in [9.17, 15) is 23.1 Å². The minimum Gasteiger partial charge on any atom is -0.374 e. The molecule has 0 saturated heterocycles. The molecule has 2 aromatic rings. The minimum absolute atomic E-state index is 0.332. The van der Waals surface area contributed by atoms with Crippen LogP contribution < -0.4 is 10.6 Å². The Morgan fingerprint density at radius 3 is 2.70 bits per heavy atom. The largest absolute Gasteiger partial charge is 0.424 e. The van der Waals surface area contributed by atoms with Gasteiger partial charge in [-0.1, -0.05) is 24.3 Å². The van der Waals surface area contributed by atoms with Crippen LogP contribution in [-0.4, -0.2) is 39.3 Å². The number of amides is 1. The number of aryl methyl sites for hydroxylation is 1. The third kappa shape index (κ3) is 3.84. The van der Waals surface area contributed by atoms with Crippen LogP contribution in [0.15, 0.2) is 36.7 Å². The lowest BCUT2D eigenvalue weighted by atomic mass is 9.95. The average molecular weight is 382 g/mol. The molecule has 0 aliphatic carbocycles. The van der Waals surface area contributed by atoms with E-state index in [4.69, 9.17) is 0 Å². The molecule has 0 fully saturated rings. The molecule has 0 bridgehead atoms. The molecule has 9 heteroatoms. The van der Waals surface area contributed by atoms with Crippen LogP contribution in [-0.2, 0) is 30.4 Å². The highest BCUT2D eigenvalue weighted by Crippen LogP contribution is 2.40. The van der Waals surface area contributed by atoms with Gasteiger partial charge in [-0.3, -0.25) is 4.79 Å². The predicted molar refractivity (Wildman–Crippen MR) is 91.6 cm³/mol. The second-order valence-corrected chi connectivity index (χ2v) is 6.67.